The molecule has 1 aromatic carbocycles. The van der Waals surface area contributed by atoms with Gasteiger partial charge in [-0.1, -0.05) is 0 Å². The number of hydrogen-bond donors (Lipinski definition) is 2. The Morgan fingerprint density at radius 1 is 1.15 bits per heavy atom. The van der Waals surface area contributed by atoms with Crippen LogP contribution in [-0.4, -0.2) is 29.2 Å². The van der Waals surface area contributed by atoms with Gasteiger partial charge in [-0.25, -0.2) is 0 Å². The van der Waals surface area contributed by atoms with Crippen LogP contribution in [0.5, 0.6) is 11.5 Å². The summed E-state index contributed by atoms with van der Waals surface area (Å²) in [5.41, 5.74) is 1.44. The van der Waals surface area contributed by atoms with Gasteiger partial charge in [0.2, 0.25) is 0 Å². The number of hydrogen-bond acceptors (Lipinski definition) is 3. The Morgan fingerprint density at radius 3 is 2.31 bits per heavy atom. The topological polar surface area (TPSA) is 43.7 Å². The van der Waals surface area contributed by atoms with Gasteiger partial charge >= 0.3 is 0 Å². The van der Waals surface area contributed by atoms with Crippen molar-refractivity contribution < 1.29 is 10.2 Å². The van der Waals surface area contributed by atoms with E-state index in [0.29, 0.717) is 12.1 Å². The Balaban J connectivity index is 3.01. The van der Waals surface area contributed by atoms with Crippen molar-refractivity contribution in [2.45, 2.75) is 13.5 Å². The first kappa shape index (κ1) is 9.86. The smallest absolute Gasteiger partial charge is 0.120 e. The molecular formula is C10H15NO2. The lowest BCUT2D eigenvalue weighted by atomic mass is 10.1. The molecule has 13 heavy (non-hydrogen) atoms. The monoisotopic (exact) mass is 181 g/mol. The van der Waals surface area contributed by atoms with E-state index in [1.807, 2.05) is 19.0 Å². The molecule has 1 rings (SSSR count). The lowest BCUT2D eigenvalue weighted by Gasteiger charge is -2.12. The van der Waals surface area contributed by atoms with Crippen molar-refractivity contribution in [2.24, 2.45) is 0 Å². The first-order valence-electron chi connectivity index (χ1n) is 4.17. The fourth-order valence-corrected chi connectivity index (χ4v) is 1.19. The Hall–Kier alpha value is -1.22. The van der Waals surface area contributed by atoms with Crippen LogP contribution in [0.15, 0.2) is 12.1 Å². The normalized spacial score (nSPS) is 10.8. The van der Waals surface area contributed by atoms with E-state index in [9.17, 15) is 10.2 Å². The van der Waals surface area contributed by atoms with Gasteiger partial charge in [0.1, 0.15) is 11.5 Å². The predicted octanol–water partition coefficient (Wildman–Crippen LogP) is 1.47. The largest absolute Gasteiger partial charge is 0.508 e. The number of benzene rings is 1. The van der Waals surface area contributed by atoms with E-state index in [2.05, 4.69) is 0 Å². The third kappa shape index (κ3) is 2.36. The van der Waals surface area contributed by atoms with Crippen molar-refractivity contribution in [3.05, 3.63) is 23.3 Å². The number of rotatable bonds is 2. The summed E-state index contributed by atoms with van der Waals surface area (Å²) < 4.78 is 0. The van der Waals surface area contributed by atoms with Gasteiger partial charge in [0, 0.05) is 12.1 Å². The van der Waals surface area contributed by atoms with Crippen LogP contribution in [0, 0.1) is 6.92 Å². The Labute approximate surface area is 78.2 Å². The maximum Gasteiger partial charge on any atom is 0.120 e. The molecule has 0 atom stereocenters. The van der Waals surface area contributed by atoms with E-state index < -0.39 is 0 Å². The highest BCUT2D eigenvalue weighted by atomic mass is 16.3. The van der Waals surface area contributed by atoms with E-state index in [0.717, 1.165) is 5.56 Å². The van der Waals surface area contributed by atoms with Crippen LogP contribution in [0.1, 0.15) is 11.1 Å². The molecule has 0 aliphatic rings. The molecule has 0 aliphatic carbocycles. The molecule has 1 aromatic rings. The zero-order valence-corrected chi connectivity index (χ0v) is 8.20. The van der Waals surface area contributed by atoms with Crippen LogP contribution in [0.4, 0.5) is 0 Å². The molecule has 2 N–H and O–H groups in total. The second-order valence-corrected chi connectivity index (χ2v) is 3.51. The minimum absolute atomic E-state index is 0.231. The van der Waals surface area contributed by atoms with Gasteiger partial charge < -0.3 is 15.1 Å². The van der Waals surface area contributed by atoms with Crippen LogP contribution in [-0.2, 0) is 6.54 Å². The summed E-state index contributed by atoms with van der Waals surface area (Å²) in [5, 5.41) is 18.9. The maximum atomic E-state index is 9.53. The molecule has 0 bridgehead atoms. The van der Waals surface area contributed by atoms with Gasteiger partial charge in [-0.05, 0) is 38.7 Å². The molecule has 0 aromatic heterocycles. The van der Waals surface area contributed by atoms with E-state index in [1.165, 1.54) is 0 Å². The number of phenols is 2. The zero-order valence-electron chi connectivity index (χ0n) is 8.20. The van der Waals surface area contributed by atoms with Crippen molar-refractivity contribution >= 4 is 0 Å². The number of phenolic OH excluding ortho intramolecular Hbond substituents is 2. The molecule has 0 aliphatic heterocycles. The van der Waals surface area contributed by atoms with Gasteiger partial charge in [0.25, 0.3) is 0 Å². The highest BCUT2D eigenvalue weighted by Crippen LogP contribution is 2.26. The van der Waals surface area contributed by atoms with E-state index >= 15 is 0 Å². The van der Waals surface area contributed by atoms with Gasteiger partial charge in [-0.2, -0.15) is 0 Å². The van der Waals surface area contributed by atoms with Gasteiger partial charge in [-0.3, -0.25) is 0 Å². The lowest BCUT2D eigenvalue weighted by Crippen LogP contribution is -2.10. The maximum absolute atomic E-state index is 9.53. The summed E-state index contributed by atoms with van der Waals surface area (Å²) >= 11 is 0. The summed E-state index contributed by atoms with van der Waals surface area (Å²) in [4.78, 5) is 1.93. The van der Waals surface area contributed by atoms with Crippen molar-refractivity contribution in [3.8, 4) is 11.5 Å². The Kier molecular flexibility index (Phi) is 2.78. The highest BCUT2D eigenvalue weighted by molar-refractivity contribution is 5.44. The fourth-order valence-electron chi connectivity index (χ4n) is 1.19. The van der Waals surface area contributed by atoms with Crippen LogP contribution >= 0.6 is 0 Å². The third-order valence-electron chi connectivity index (χ3n) is 1.88. The summed E-state index contributed by atoms with van der Waals surface area (Å²) in [6.45, 7) is 2.38. The van der Waals surface area contributed by atoms with Gasteiger partial charge in [0.15, 0.2) is 0 Å². The number of nitrogens with zero attached hydrogens (tertiary/aromatic N) is 1. The van der Waals surface area contributed by atoms with Crippen molar-refractivity contribution in [1.82, 2.24) is 4.90 Å². The lowest BCUT2D eigenvalue weighted by molar-refractivity contribution is 0.382. The summed E-state index contributed by atoms with van der Waals surface area (Å²) in [5.74, 6) is 0.471. The van der Waals surface area contributed by atoms with Crippen LogP contribution in [0.3, 0.4) is 0 Å². The molecule has 0 saturated carbocycles. The molecule has 3 heteroatoms. The molecule has 72 valence electrons. The van der Waals surface area contributed by atoms with E-state index in [4.69, 9.17) is 0 Å². The van der Waals surface area contributed by atoms with Crippen LogP contribution in [0.2, 0.25) is 0 Å². The summed E-state index contributed by atoms with van der Waals surface area (Å²) in [6, 6.07) is 3.18. The first-order valence-corrected chi connectivity index (χ1v) is 4.17. The SMILES string of the molecule is Cc1cc(O)c(CN(C)C)cc1O. The average Bonchev–Trinajstić information content (AvgIpc) is 1.99. The molecule has 0 saturated heterocycles. The second kappa shape index (κ2) is 3.66. The molecule has 0 unspecified atom stereocenters. The van der Waals surface area contributed by atoms with Crippen LogP contribution in [0.25, 0.3) is 0 Å². The van der Waals surface area contributed by atoms with E-state index in [1.54, 1.807) is 19.1 Å². The second-order valence-electron chi connectivity index (χ2n) is 3.51. The molecule has 0 amide bonds. The molecular weight excluding hydrogens is 166 g/mol. The predicted molar refractivity (Wildman–Crippen MR) is 51.9 cm³/mol. The molecule has 0 fully saturated rings. The zero-order chi connectivity index (χ0) is 10.0. The number of aromatic hydroxyl groups is 2. The van der Waals surface area contributed by atoms with Gasteiger partial charge in [-0.15, -0.1) is 0 Å². The summed E-state index contributed by atoms with van der Waals surface area (Å²) in [6.07, 6.45) is 0. The summed E-state index contributed by atoms with van der Waals surface area (Å²) in [7, 11) is 3.83. The highest BCUT2D eigenvalue weighted by Gasteiger charge is 2.06. The Morgan fingerprint density at radius 2 is 1.77 bits per heavy atom. The van der Waals surface area contributed by atoms with Gasteiger partial charge in [0.05, 0.1) is 0 Å². The third-order valence-corrected chi connectivity index (χ3v) is 1.88. The molecule has 0 radical (unpaired) electrons. The molecule has 0 heterocycles. The Bertz CT molecular complexity index is 308. The minimum atomic E-state index is 0.231. The average molecular weight is 181 g/mol. The number of aryl methyl sites for hydroxylation is 1. The van der Waals surface area contributed by atoms with Crippen LogP contribution < -0.4 is 0 Å². The molecule has 3 nitrogen and oxygen atoms in total. The quantitative estimate of drug-likeness (QED) is 0.679. The molecule has 0 spiro atoms. The van der Waals surface area contributed by atoms with Crippen molar-refractivity contribution in [2.75, 3.05) is 14.1 Å². The fraction of sp³-hybridized carbons (Fsp3) is 0.400. The first-order chi connectivity index (χ1) is 6.00. The van der Waals surface area contributed by atoms with Crippen molar-refractivity contribution in [1.29, 1.82) is 0 Å². The van der Waals surface area contributed by atoms with E-state index in [-0.39, 0.29) is 11.5 Å². The standard InChI is InChI=1S/C10H15NO2/c1-7-4-10(13)8(5-9(7)12)6-11(2)3/h4-5,12-13H,6H2,1-3H3. The minimum Gasteiger partial charge on any atom is -0.508 e. The van der Waals surface area contributed by atoms with Crippen molar-refractivity contribution in [3.63, 3.8) is 0 Å².